The SMILES string of the molecule is CNC1CCN(C(=O)c2ccc(Nc3ccc4c(n3)-c3ccc(Cl)cc3C(c3c(F)cccc3F)=NC4)cc2)C1. The van der Waals surface area contributed by atoms with E-state index in [-0.39, 0.29) is 23.7 Å². The van der Waals surface area contributed by atoms with E-state index in [1.54, 1.807) is 30.3 Å². The Hall–Kier alpha value is -4.14. The number of amides is 1. The number of halogens is 3. The minimum atomic E-state index is -0.695. The minimum absolute atomic E-state index is 0.0183. The molecule has 4 aromatic rings. The Kier molecular flexibility index (Phi) is 7.04. The van der Waals surface area contributed by atoms with E-state index < -0.39 is 11.6 Å². The van der Waals surface area contributed by atoms with Crippen LogP contribution >= 0.6 is 11.6 Å². The smallest absolute Gasteiger partial charge is 0.253 e. The predicted octanol–water partition coefficient (Wildman–Crippen LogP) is 6.21. The number of aromatic nitrogens is 1. The summed E-state index contributed by atoms with van der Waals surface area (Å²) in [6, 6.07) is 20.3. The number of nitrogens with zero attached hydrogens (tertiary/aromatic N) is 3. The number of likely N-dealkylation sites (tertiary alicyclic amines) is 1. The highest BCUT2D eigenvalue weighted by Gasteiger charge is 2.26. The van der Waals surface area contributed by atoms with Crippen LogP contribution in [0.1, 0.15) is 33.5 Å². The maximum Gasteiger partial charge on any atom is 0.253 e. The fourth-order valence-corrected chi connectivity index (χ4v) is 5.40. The average Bonchev–Trinajstić information content (AvgIpc) is 3.39. The van der Waals surface area contributed by atoms with Crippen molar-refractivity contribution in [1.82, 2.24) is 15.2 Å². The number of carbonyl (C=O) groups is 1. The molecule has 2 N–H and O–H groups in total. The molecule has 3 aromatic carbocycles. The topological polar surface area (TPSA) is 69.6 Å². The van der Waals surface area contributed by atoms with Crippen LogP contribution in [-0.4, -0.2) is 47.7 Å². The molecule has 1 saturated heterocycles. The highest BCUT2D eigenvalue weighted by Crippen LogP contribution is 2.35. The van der Waals surface area contributed by atoms with E-state index in [0.29, 0.717) is 45.8 Å². The van der Waals surface area contributed by atoms with Gasteiger partial charge in [0, 0.05) is 52.1 Å². The largest absolute Gasteiger partial charge is 0.340 e. The van der Waals surface area contributed by atoms with Gasteiger partial charge in [-0.3, -0.25) is 9.79 Å². The number of hydrogen-bond acceptors (Lipinski definition) is 5. The summed E-state index contributed by atoms with van der Waals surface area (Å²) in [6.45, 7) is 1.64. The molecule has 0 aliphatic carbocycles. The number of hydrogen-bond donors (Lipinski definition) is 2. The molecule has 9 heteroatoms. The van der Waals surface area contributed by atoms with Crippen LogP contribution in [0.4, 0.5) is 20.3 Å². The lowest BCUT2D eigenvalue weighted by molar-refractivity contribution is 0.0789. The molecule has 0 spiro atoms. The molecule has 0 saturated carbocycles. The third-order valence-corrected chi connectivity index (χ3v) is 7.60. The van der Waals surface area contributed by atoms with E-state index in [9.17, 15) is 13.6 Å². The maximum atomic E-state index is 14.8. The summed E-state index contributed by atoms with van der Waals surface area (Å²) >= 11 is 6.31. The van der Waals surface area contributed by atoms with Gasteiger partial charge in [-0.05, 0) is 68.1 Å². The van der Waals surface area contributed by atoms with E-state index in [2.05, 4.69) is 15.6 Å². The molecule has 3 heterocycles. The van der Waals surface area contributed by atoms with Crippen LogP contribution in [0.25, 0.3) is 11.3 Å². The van der Waals surface area contributed by atoms with E-state index in [1.807, 2.05) is 36.2 Å². The number of aliphatic imine (C=N–C) groups is 1. The average molecular weight is 558 g/mol. The lowest BCUT2D eigenvalue weighted by Crippen LogP contribution is -2.33. The number of nitrogens with one attached hydrogen (secondary N) is 2. The lowest BCUT2D eigenvalue weighted by Gasteiger charge is -2.17. The van der Waals surface area contributed by atoms with Crippen LogP contribution in [0.15, 0.2) is 77.8 Å². The Bertz CT molecular complexity index is 1620. The van der Waals surface area contributed by atoms with Crippen molar-refractivity contribution in [3.63, 3.8) is 0 Å². The Morgan fingerprint density at radius 2 is 1.77 bits per heavy atom. The number of anilines is 2. The molecule has 40 heavy (non-hydrogen) atoms. The molecular weight excluding hydrogens is 532 g/mol. The first-order valence-corrected chi connectivity index (χ1v) is 13.4. The van der Waals surface area contributed by atoms with E-state index >= 15 is 0 Å². The van der Waals surface area contributed by atoms with Gasteiger partial charge in [-0.1, -0.05) is 29.8 Å². The number of likely N-dealkylation sites (N-methyl/N-ethyl adjacent to an activating group) is 1. The minimum Gasteiger partial charge on any atom is -0.340 e. The van der Waals surface area contributed by atoms with Gasteiger partial charge < -0.3 is 15.5 Å². The number of carbonyl (C=O) groups excluding carboxylic acids is 1. The van der Waals surface area contributed by atoms with Gasteiger partial charge in [0.1, 0.15) is 17.5 Å². The third-order valence-electron chi connectivity index (χ3n) is 7.37. The van der Waals surface area contributed by atoms with Gasteiger partial charge in [0.2, 0.25) is 0 Å². The van der Waals surface area contributed by atoms with Gasteiger partial charge in [0.15, 0.2) is 0 Å². The van der Waals surface area contributed by atoms with Crippen molar-refractivity contribution < 1.29 is 13.6 Å². The molecule has 2 aliphatic rings. The quantitative estimate of drug-likeness (QED) is 0.306. The van der Waals surface area contributed by atoms with Crippen LogP contribution in [0.5, 0.6) is 0 Å². The first kappa shape index (κ1) is 26.1. The Labute approximate surface area is 235 Å². The van der Waals surface area contributed by atoms with E-state index in [1.165, 1.54) is 18.2 Å². The van der Waals surface area contributed by atoms with Crippen molar-refractivity contribution in [3.8, 4) is 11.3 Å². The fourth-order valence-electron chi connectivity index (χ4n) is 5.23. The summed E-state index contributed by atoms with van der Waals surface area (Å²) in [5, 5.41) is 6.95. The summed E-state index contributed by atoms with van der Waals surface area (Å²) in [5.74, 6) is -0.792. The van der Waals surface area contributed by atoms with Gasteiger partial charge in [0.25, 0.3) is 5.91 Å². The van der Waals surface area contributed by atoms with Crippen LogP contribution in [0.2, 0.25) is 5.02 Å². The van der Waals surface area contributed by atoms with Crippen LogP contribution in [0, 0.1) is 11.6 Å². The Morgan fingerprint density at radius 1 is 1.00 bits per heavy atom. The molecule has 6 nitrogen and oxygen atoms in total. The molecule has 1 amide bonds. The standard InChI is InChI=1S/C31H26ClF2N5O/c1-35-22-13-14-39(17-22)31(40)18-5-9-21(10-6-18)37-27-12-7-19-16-36-30(28-25(33)3-2-4-26(28)34)24-15-20(32)8-11-23(24)29(19)38-27/h2-12,15,22,35H,13-14,16-17H2,1H3,(H,37,38). The van der Waals surface area contributed by atoms with Gasteiger partial charge in [-0.2, -0.15) is 0 Å². The molecule has 0 bridgehead atoms. The van der Waals surface area contributed by atoms with E-state index in [0.717, 1.165) is 24.2 Å². The first-order chi connectivity index (χ1) is 19.4. The van der Waals surface area contributed by atoms with Gasteiger partial charge in [0.05, 0.1) is 23.5 Å². The molecule has 0 radical (unpaired) electrons. The number of rotatable bonds is 5. The van der Waals surface area contributed by atoms with Crippen LogP contribution < -0.4 is 10.6 Å². The van der Waals surface area contributed by atoms with Crippen LogP contribution in [-0.2, 0) is 6.54 Å². The lowest BCUT2D eigenvalue weighted by atomic mass is 9.94. The second-order valence-corrected chi connectivity index (χ2v) is 10.3. The van der Waals surface area contributed by atoms with E-state index in [4.69, 9.17) is 16.6 Å². The van der Waals surface area contributed by atoms with Crippen molar-refractivity contribution in [2.24, 2.45) is 4.99 Å². The Balaban J connectivity index is 1.29. The zero-order valence-electron chi connectivity index (χ0n) is 21.7. The van der Waals surface area contributed by atoms with Crippen LogP contribution in [0.3, 0.4) is 0 Å². The van der Waals surface area contributed by atoms with Crippen molar-refractivity contribution in [1.29, 1.82) is 0 Å². The van der Waals surface area contributed by atoms with Crippen molar-refractivity contribution >= 4 is 34.7 Å². The summed E-state index contributed by atoms with van der Waals surface area (Å²) in [5.41, 5.74) is 4.04. The summed E-state index contributed by atoms with van der Waals surface area (Å²) < 4.78 is 29.6. The van der Waals surface area contributed by atoms with Gasteiger partial charge >= 0.3 is 0 Å². The Morgan fingerprint density at radius 3 is 2.50 bits per heavy atom. The van der Waals surface area contributed by atoms with Crippen molar-refractivity contribution in [2.45, 2.75) is 19.0 Å². The monoisotopic (exact) mass is 557 g/mol. The zero-order valence-corrected chi connectivity index (χ0v) is 22.5. The second-order valence-electron chi connectivity index (χ2n) is 9.88. The maximum absolute atomic E-state index is 14.8. The molecule has 202 valence electrons. The molecular formula is C31H26ClF2N5O. The molecule has 2 aliphatic heterocycles. The predicted molar refractivity (Wildman–Crippen MR) is 153 cm³/mol. The fraction of sp³-hybridized carbons (Fsp3) is 0.194. The summed E-state index contributed by atoms with van der Waals surface area (Å²) in [6.07, 6.45) is 0.947. The van der Waals surface area contributed by atoms with Crippen molar-refractivity contribution in [3.05, 3.63) is 112 Å². The second kappa shape index (κ2) is 10.8. The summed E-state index contributed by atoms with van der Waals surface area (Å²) in [7, 11) is 1.91. The number of fused-ring (bicyclic) bond motifs is 3. The summed E-state index contributed by atoms with van der Waals surface area (Å²) in [4.78, 5) is 24.2. The normalized spacial score (nSPS) is 16.1. The van der Waals surface area contributed by atoms with Gasteiger partial charge in [-0.25, -0.2) is 13.8 Å². The van der Waals surface area contributed by atoms with Gasteiger partial charge in [-0.15, -0.1) is 0 Å². The molecule has 1 fully saturated rings. The first-order valence-electron chi connectivity index (χ1n) is 13.0. The molecule has 1 atom stereocenters. The molecule has 1 unspecified atom stereocenters. The molecule has 6 rings (SSSR count). The number of benzene rings is 3. The molecule has 1 aromatic heterocycles. The highest BCUT2D eigenvalue weighted by atomic mass is 35.5. The van der Waals surface area contributed by atoms with Crippen molar-refractivity contribution in [2.75, 3.05) is 25.5 Å². The highest BCUT2D eigenvalue weighted by molar-refractivity contribution is 6.31. The third kappa shape index (κ3) is 4.96. The zero-order chi connectivity index (χ0) is 27.8. The number of pyridine rings is 1.